The molecule has 1 rings (SSSR count). The first-order chi connectivity index (χ1) is 7.38. The first kappa shape index (κ1) is 12.7. The van der Waals surface area contributed by atoms with Crippen LogP contribution in [0.15, 0.2) is 12.2 Å². The molecule has 0 heterocycles. The second-order valence-electron chi connectivity index (χ2n) is 4.07. The van der Waals surface area contributed by atoms with Gasteiger partial charge in [-0.1, -0.05) is 25.5 Å². The summed E-state index contributed by atoms with van der Waals surface area (Å²) < 4.78 is 11.4. The zero-order chi connectivity index (χ0) is 10.9. The monoisotopic (exact) mass is 212 g/mol. The van der Waals surface area contributed by atoms with Crippen molar-refractivity contribution in [1.29, 1.82) is 0 Å². The summed E-state index contributed by atoms with van der Waals surface area (Å²) in [5.41, 5.74) is 0. The number of rotatable bonds is 7. The van der Waals surface area contributed by atoms with Crippen LogP contribution >= 0.6 is 0 Å². The number of ether oxygens (including phenoxy) is 2. The van der Waals surface area contributed by atoms with Crippen molar-refractivity contribution in [1.82, 2.24) is 0 Å². The van der Waals surface area contributed by atoms with E-state index in [4.69, 9.17) is 9.47 Å². The van der Waals surface area contributed by atoms with E-state index in [1.807, 2.05) is 6.92 Å². The molecule has 15 heavy (non-hydrogen) atoms. The van der Waals surface area contributed by atoms with Crippen molar-refractivity contribution in [2.75, 3.05) is 13.2 Å². The maximum Gasteiger partial charge on any atom is 0.163 e. The van der Waals surface area contributed by atoms with Gasteiger partial charge in [-0.3, -0.25) is 0 Å². The summed E-state index contributed by atoms with van der Waals surface area (Å²) in [6, 6.07) is 0. The van der Waals surface area contributed by atoms with Crippen LogP contribution in [0.2, 0.25) is 0 Å². The number of hydrogen-bond donors (Lipinski definition) is 0. The molecule has 2 heteroatoms. The van der Waals surface area contributed by atoms with Gasteiger partial charge in [-0.2, -0.15) is 0 Å². The molecule has 0 saturated heterocycles. The van der Waals surface area contributed by atoms with Gasteiger partial charge in [-0.05, 0) is 32.6 Å². The molecule has 0 radical (unpaired) electrons. The lowest BCUT2D eigenvalue weighted by atomic mass is 9.95. The molecule has 0 N–H and O–H groups in total. The Bertz CT molecular complexity index is 177. The van der Waals surface area contributed by atoms with Crippen LogP contribution in [0.4, 0.5) is 0 Å². The molecule has 0 saturated carbocycles. The predicted octanol–water partition coefficient (Wildman–Crippen LogP) is 3.52. The summed E-state index contributed by atoms with van der Waals surface area (Å²) in [6.07, 6.45) is 10.5. The first-order valence-corrected chi connectivity index (χ1v) is 6.28. The van der Waals surface area contributed by atoms with E-state index < -0.39 is 0 Å². The van der Waals surface area contributed by atoms with Crippen LogP contribution in [0.3, 0.4) is 0 Å². The number of unbranched alkanes of at least 4 members (excludes halogenated alkanes) is 1. The molecular formula is C13H24O2. The molecule has 0 bridgehead atoms. The molecule has 0 fully saturated rings. The van der Waals surface area contributed by atoms with Gasteiger partial charge in [0.1, 0.15) is 0 Å². The molecule has 1 aliphatic carbocycles. The summed E-state index contributed by atoms with van der Waals surface area (Å²) >= 11 is 0. The van der Waals surface area contributed by atoms with E-state index in [0.29, 0.717) is 5.92 Å². The van der Waals surface area contributed by atoms with Gasteiger partial charge in [0.15, 0.2) is 6.29 Å². The van der Waals surface area contributed by atoms with Gasteiger partial charge in [0.25, 0.3) is 0 Å². The SMILES string of the molecule is CCCCOC(OCC)C1C=CCCC1. The summed E-state index contributed by atoms with van der Waals surface area (Å²) in [6.45, 7) is 5.77. The molecule has 1 aliphatic rings. The van der Waals surface area contributed by atoms with E-state index in [-0.39, 0.29) is 6.29 Å². The summed E-state index contributed by atoms with van der Waals surface area (Å²) in [5, 5.41) is 0. The smallest absolute Gasteiger partial charge is 0.163 e. The molecule has 0 spiro atoms. The van der Waals surface area contributed by atoms with E-state index in [9.17, 15) is 0 Å². The van der Waals surface area contributed by atoms with Gasteiger partial charge < -0.3 is 9.47 Å². The minimum atomic E-state index is -0.0156. The quantitative estimate of drug-likeness (QED) is 0.365. The average molecular weight is 212 g/mol. The first-order valence-electron chi connectivity index (χ1n) is 6.28. The second-order valence-corrected chi connectivity index (χ2v) is 4.07. The van der Waals surface area contributed by atoms with Crippen LogP contribution in [0, 0.1) is 5.92 Å². The third-order valence-corrected chi connectivity index (χ3v) is 2.75. The molecule has 2 nitrogen and oxygen atoms in total. The van der Waals surface area contributed by atoms with E-state index >= 15 is 0 Å². The van der Waals surface area contributed by atoms with Crippen LogP contribution < -0.4 is 0 Å². The van der Waals surface area contributed by atoms with Crippen LogP contribution in [0.5, 0.6) is 0 Å². The zero-order valence-corrected chi connectivity index (χ0v) is 10.1. The average Bonchev–Trinajstić information content (AvgIpc) is 2.29. The van der Waals surface area contributed by atoms with Crippen molar-refractivity contribution in [3.05, 3.63) is 12.2 Å². The van der Waals surface area contributed by atoms with Gasteiger partial charge in [-0.25, -0.2) is 0 Å². The molecule has 0 aliphatic heterocycles. The largest absolute Gasteiger partial charge is 0.352 e. The Morgan fingerprint density at radius 2 is 2.20 bits per heavy atom. The topological polar surface area (TPSA) is 18.5 Å². The molecule has 88 valence electrons. The van der Waals surface area contributed by atoms with Crippen LogP contribution in [-0.4, -0.2) is 19.5 Å². The zero-order valence-electron chi connectivity index (χ0n) is 10.1. The molecular weight excluding hydrogens is 188 g/mol. The number of hydrogen-bond acceptors (Lipinski definition) is 2. The standard InChI is InChI=1S/C13H24O2/c1-3-5-11-15-13(14-4-2)12-9-7-6-8-10-12/h7,9,12-13H,3-6,8,10-11H2,1-2H3. The van der Waals surface area contributed by atoms with Crippen molar-refractivity contribution < 1.29 is 9.47 Å². The van der Waals surface area contributed by atoms with Crippen molar-refractivity contribution >= 4 is 0 Å². The number of allylic oxidation sites excluding steroid dienone is 1. The lowest BCUT2D eigenvalue weighted by molar-refractivity contribution is -0.162. The van der Waals surface area contributed by atoms with Gasteiger partial charge in [0.05, 0.1) is 0 Å². The van der Waals surface area contributed by atoms with Crippen molar-refractivity contribution in [3.63, 3.8) is 0 Å². The van der Waals surface area contributed by atoms with Crippen molar-refractivity contribution in [3.8, 4) is 0 Å². The van der Waals surface area contributed by atoms with Gasteiger partial charge in [0, 0.05) is 19.1 Å². The van der Waals surface area contributed by atoms with E-state index in [0.717, 1.165) is 19.6 Å². The molecule has 2 unspecified atom stereocenters. The Labute approximate surface area is 93.7 Å². The highest BCUT2D eigenvalue weighted by Gasteiger charge is 2.21. The summed E-state index contributed by atoms with van der Waals surface area (Å²) in [4.78, 5) is 0. The lowest BCUT2D eigenvalue weighted by Gasteiger charge is -2.26. The van der Waals surface area contributed by atoms with Crippen molar-refractivity contribution in [2.45, 2.75) is 52.2 Å². The van der Waals surface area contributed by atoms with E-state index in [1.54, 1.807) is 0 Å². The maximum absolute atomic E-state index is 5.79. The van der Waals surface area contributed by atoms with E-state index in [2.05, 4.69) is 19.1 Å². The highest BCUT2D eigenvalue weighted by Crippen LogP contribution is 2.23. The minimum absolute atomic E-state index is 0.0156. The Morgan fingerprint density at radius 1 is 1.33 bits per heavy atom. The van der Waals surface area contributed by atoms with Gasteiger partial charge >= 0.3 is 0 Å². The Balaban J connectivity index is 2.33. The highest BCUT2D eigenvalue weighted by atomic mass is 16.7. The fourth-order valence-corrected chi connectivity index (χ4v) is 1.87. The summed E-state index contributed by atoms with van der Waals surface area (Å²) in [7, 11) is 0. The summed E-state index contributed by atoms with van der Waals surface area (Å²) in [5.74, 6) is 0.468. The minimum Gasteiger partial charge on any atom is -0.352 e. The lowest BCUT2D eigenvalue weighted by Crippen LogP contribution is -2.27. The molecule has 0 aromatic carbocycles. The third-order valence-electron chi connectivity index (χ3n) is 2.75. The molecule has 0 aromatic heterocycles. The highest BCUT2D eigenvalue weighted by molar-refractivity contribution is 4.94. The maximum atomic E-state index is 5.79. The van der Waals surface area contributed by atoms with E-state index in [1.165, 1.54) is 25.7 Å². The second kappa shape index (κ2) is 7.89. The van der Waals surface area contributed by atoms with Crippen LogP contribution in [0.1, 0.15) is 46.0 Å². The normalized spacial score (nSPS) is 22.9. The molecule has 2 atom stereocenters. The Hall–Kier alpha value is -0.340. The fraction of sp³-hybridized carbons (Fsp3) is 0.846. The Morgan fingerprint density at radius 3 is 2.80 bits per heavy atom. The van der Waals surface area contributed by atoms with Crippen molar-refractivity contribution in [2.24, 2.45) is 5.92 Å². The molecule has 0 aromatic rings. The van der Waals surface area contributed by atoms with Crippen LogP contribution in [-0.2, 0) is 9.47 Å². The third kappa shape index (κ3) is 4.80. The van der Waals surface area contributed by atoms with Gasteiger partial charge in [0.2, 0.25) is 0 Å². The fourth-order valence-electron chi connectivity index (χ4n) is 1.87. The van der Waals surface area contributed by atoms with Crippen LogP contribution in [0.25, 0.3) is 0 Å². The van der Waals surface area contributed by atoms with Gasteiger partial charge in [-0.15, -0.1) is 0 Å². The predicted molar refractivity (Wildman–Crippen MR) is 62.8 cm³/mol. The Kier molecular flexibility index (Phi) is 6.69. The molecule has 0 amide bonds.